The summed E-state index contributed by atoms with van der Waals surface area (Å²) in [7, 11) is 0. The fourth-order valence-corrected chi connectivity index (χ4v) is 5.35. The summed E-state index contributed by atoms with van der Waals surface area (Å²) in [6, 6.07) is 0. The number of allylic oxidation sites excluding steroid dienone is 12. The second-order valence-corrected chi connectivity index (χ2v) is 13.5. The molecule has 0 aliphatic heterocycles. The van der Waals surface area contributed by atoms with Crippen LogP contribution in [-0.2, 0) is 28.6 Å². The molecule has 0 aromatic rings. The van der Waals surface area contributed by atoms with Gasteiger partial charge in [0.05, 0.1) is 0 Å². The monoisotopic (exact) mass is 725 g/mol. The summed E-state index contributed by atoms with van der Waals surface area (Å²) >= 11 is 0. The Morgan fingerprint density at radius 1 is 0.404 bits per heavy atom. The van der Waals surface area contributed by atoms with Crippen molar-refractivity contribution in [3.63, 3.8) is 0 Å². The van der Waals surface area contributed by atoms with Crippen molar-refractivity contribution in [2.24, 2.45) is 0 Å². The van der Waals surface area contributed by atoms with Crippen LogP contribution in [0, 0.1) is 0 Å². The van der Waals surface area contributed by atoms with Gasteiger partial charge in [0.25, 0.3) is 0 Å². The van der Waals surface area contributed by atoms with Crippen molar-refractivity contribution in [3.05, 3.63) is 72.9 Å². The standard InChI is InChI=1S/C46H76O6/c1-4-7-10-13-15-17-19-20-21-22-23-24-25-26-27-29-30-33-36-39-45(48)51-42-43(41-50-44(47)38-35-32-12-9-6-3)52-46(49)40-37-34-31-28-18-16-14-11-8-5-2/h7,10,15,17,20-21,23-24,26-27,30,33,43H,4-6,8-9,11-14,16,18-19,22,25,28-29,31-32,34-42H2,1-3H3/b10-7-,17-15-,21-20-,24-23-,27-26-,33-30-. The smallest absolute Gasteiger partial charge is 0.306 e. The maximum absolute atomic E-state index is 12.6. The number of ether oxygens (including phenoxy) is 3. The van der Waals surface area contributed by atoms with E-state index in [4.69, 9.17) is 14.2 Å². The van der Waals surface area contributed by atoms with Crippen LogP contribution < -0.4 is 0 Å². The minimum absolute atomic E-state index is 0.0992. The minimum atomic E-state index is -0.797. The first-order valence-electron chi connectivity index (χ1n) is 20.9. The Morgan fingerprint density at radius 2 is 0.750 bits per heavy atom. The van der Waals surface area contributed by atoms with E-state index in [2.05, 4.69) is 81.5 Å². The van der Waals surface area contributed by atoms with Crippen LogP contribution in [0.4, 0.5) is 0 Å². The molecule has 0 aliphatic rings. The van der Waals surface area contributed by atoms with E-state index in [0.717, 1.165) is 89.9 Å². The lowest BCUT2D eigenvalue weighted by molar-refractivity contribution is -0.166. The average Bonchev–Trinajstić information content (AvgIpc) is 3.14. The lowest BCUT2D eigenvalue weighted by Crippen LogP contribution is -2.30. The topological polar surface area (TPSA) is 78.9 Å². The second-order valence-electron chi connectivity index (χ2n) is 13.5. The van der Waals surface area contributed by atoms with Crippen molar-refractivity contribution in [1.29, 1.82) is 0 Å². The molecule has 52 heavy (non-hydrogen) atoms. The first-order chi connectivity index (χ1) is 25.5. The molecule has 0 radical (unpaired) electrons. The zero-order valence-electron chi connectivity index (χ0n) is 33.5. The molecule has 0 heterocycles. The predicted molar refractivity (Wildman–Crippen MR) is 219 cm³/mol. The molecule has 0 aliphatic carbocycles. The molecular formula is C46H76O6. The molecule has 296 valence electrons. The third-order valence-electron chi connectivity index (χ3n) is 8.49. The zero-order chi connectivity index (χ0) is 38.0. The molecule has 0 aromatic carbocycles. The first kappa shape index (κ1) is 48.9. The third kappa shape index (κ3) is 38.1. The molecule has 1 atom stereocenters. The largest absolute Gasteiger partial charge is 0.462 e. The normalized spacial score (nSPS) is 12.8. The van der Waals surface area contributed by atoms with Crippen LogP contribution in [0.5, 0.6) is 0 Å². The third-order valence-corrected chi connectivity index (χ3v) is 8.49. The van der Waals surface area contributed by atoms with Crippen LogP contribution in [0.3, 0.4) is 0 Å². The summed E-state index contributed by atoms with van der Waals surface area (Å²) in [6.45, 7) is 6.33. The van der Waals surface area contributed by atoms with Crippen LogP contribution >= 0.6 is 0 Å². The van der Waals surface area contributed by atoms with E-state index in [1.807, 2.05) is 12.2 Å². The fourth-order valence-electron chi connectivity index (χ4n) is 5.35. The van der Waals surface area contributed by atoms with Gasteiger partial charge in [-0.05, 0) is 57.8 Å². The molecule has 0 bridgehead atoms. The number of rotatable bonds is 36. The van der Waals surface area contributed by atoms with Gasteiger partial charge >= 0.3 is 17.9 Å². The second kappa shape index (κ2) is 40.6. The highest BCUT2D eigenvalue weighted by Gasteiger charge is 2.19. The highest BCUT2D eigenvalue weighted by atomic mass is 16.6. The maximum Gasteiger partial charge on any atom is 0.306 e. The molecule has 0 saturated carbocycles. The molecule has 0 amide bonds. The zero-order valence-corrected chi connectivity index (χ0v) is 33.5. The van der Waals surface area contributed by atoms with Crippen molar-refractivity contribution in [1.82, 2.24) is 0 Å². The molecule has 1 unspecified atom stereocenters. The molecule has 0 saturated heterocycles. The molecule has 6 heteroatoms. The van der Waals surface area contributed by atoms with Crippen LogP contribution in [0.1, 0.15) is 181 Å². The van der Waals surface area contributed by atoms with E-state index in [9.17, 15) is 14.4 Å². The Hall–Kier alpha value is -3.15. The van der Waals surface area contributed by atoms with Crippen molar-refractivity contribution < 1.29 is 28.6 Å². The van der Waals surface area contributed by atoms with E-state index in [1.54, 1.807) is 0 Å². The Morgan fingerprint density at radius 3 is 1.17 bits per heavy atom. The summed E-state index contributed by atoms with van der Waals surface area (Å²) < 4.78 is 16.5. The van der Waals surface area contributed by atoms with Crippen LogP contribution in [0.25, 0.3) is 0 Å². The number of carbonyl (C=O) groups is 3. The van der Waals surface area contributed by atoms with Gasteiger partial charge in [-0.3, -0.25) is 14.4 Å². The highest BCUT2D eigenvalue weighted by Crippen LogP contribution is 2.13. The van der Waals surface area contributed by atoms with Gasteiger partial charge in [0.15, 0.2) is 6.10 Å². The van der Waals surface area contributed by atoms with E-state index in [-0.39, 0.29) is 37.5 Å². The van der Waals surface area contributed by atoms with Crippen LogP contribution in [0.2, 0.25) is 0 Å². The summed E-state index contributed by atoms with van der Waals surface area (Å²) in [5.41, 5.74) is 0. The van der Waals surface area contributed by atoms with Gasteiger partial charge in [-0.2, -0.15) is 0 Å². The summed E-state index contributed by atoms with van der Waals surface area (Å²) in [5, 5.41) is 0. The Kier molecular flexibility index (Phi) is 38.2. The van der Waals surface area contributed by atoms with Gasteiger partial charge < -0.3 is 14.2 Å². The van der Waals surface area contributed by atoms with E-state index >= 15 is 0 Å². The molecule has 6 nitrogen and oxygen atoms in total. The maximum atomic E-state index is 12.6. The van der Waals surface area contributed by atoms with E-state index in [0.29, 0.717) is 19.3 Å². The van der Waals surface area contributed by atoms with Gasteiger partial charge in [0.1, 0.15) is 13.2 Å². The summed E-state index contributed by atoms with van der Waals surface area (Å²) in [6.07, 6.45) is 49.3. The molecule has 0 fully saturated rings. The molecule has 0 aromatic heterocycles. The Balaban J connectivity index is 4.37. The SMILES string of the molecule is CC/C=C\C/C=C\C/C=C\C/C=C\C/C=C\C/C=C\CCC(=O)OCC(COC(=O)CCCCCCC)OC(=O)CCCCCCCCCCCC. The average molecular weight is 725 g/mol. The van der Waals surface area contributed by atoms with Gasteiger partial charge in [0.2, 0.25) is 0 Å². The summed E-state index contributed by atoms with van der Waals surface area (Å²) in [5.74, 6) is -1.01. The fraction of sp³-hybridized carbons (Fsp3) is 0.674. The Bertz CT molecular complexity index is 1020. The van der Waals surface area contributed by atoms with Crippen LogP contribution in [-0.4, -0.2) is 37.2 Å². The molecule has 0 N–H and O–H groups in total. The van der Waals surface area contributed by atoms with Crippen molar-refractivity contribution in [3.8, 4) is 0 Å². The van der Waals surface area contributed by atoms with E-state index in [1.165, 1.54) is 44.9 Å². The van der Waals surface area contributed by atoms with Gasteiger partial charge in [0, 0.05) is 19.3 Å². The van der Waals surface area contributed by atoms with Crippen molar-refractivity contribution in [2.45, 2.75) is 187 Å². The quantitative estimate of drug-likeness (QED) is 0.0277. The first-order valence-corrected chi connectivity index (χ1v) is 20.9. The van der Waals surface area contributed by atoms with Crippen LogP contribution in [0.15, 0.2) is 72.9 Å². The minimum Gasteiger partial charge on any atom is -0.462 e. The summed E-state index contributed by atoms with van der Waals surface area (Å²) in [4.78, 5) is 37.3. The van der Waals surface area contributed by atoms with Gasteiger partial charge in [-0.15, -0.1) is 0 Å². The number of carbonyl (C=O) groups excluding carboxylic acids is 3. The highest BCUT2D eigenvalue weighted by molar-refractivity contribution is 5.71. The molecule has 0 spiro atoms. The van der Waals surface area contributed by atoms with E-state index < -0.39 is 6.10 Å². The molecular weight excluding hydrogens is 648 g/mol. The number of unbranched alkanes of at least 4 members (excludes halogenated alkanes) is 13. The number of hydrogen-bond donors (Lipinski definition) is 0. The van der Waals surface area contributed by atoms with Gasteiger partial charge in [-0.25, -0.2) is 0 Å². The number of hydrogen-bond acceptors (Lipinski definition) is 6. The van der Waals surface area contributed by atoms with Crippen molar-refractivity contribution >= 4 is 17.9 Å². The Labute approximate surface area is 319 Å². The predicted octanol–water partition coefficient (Wildman–Crippen LogP) is 13.1. The lowest BCUT2D eigenvalue weighted by Gasteiger charge is -2.18. The molecule has 0 rings (SSSR count). The number of esters is 3. The van der Waals surface area contributed by atoms with Crippen molar-refractivity contribution in [2.75, 3.05) is 13.2 Å². The lowest BCUT2D eigenvalue weighted by atomic mass is 10.1. The van der Waals surface area contributed by atoms with Gasteiger partial charge in [-0.1, -0.05) is 177 Å².